The van der Waals surface area contributed by atoms with E-state index in [9.17, 15) is 9.90 Å². The van der Waals surface area contributed by atoms with Gasteiger partial charge in [0, 0.05) is 6.04 Å². The number of carbonyl (C=O) groups excluding carboxylic acids is 1. The highest BCUT2D eigenvalue weighted by Gasteiger charge is 2.26. The molecular formula is C9H19NO2. The SMILES string of the molecule is CCC(C)(O)C(=O)CNC(C)C. The van der Waals surface area contributed by atoms with E-state index in [0.717, 1.165) is 0 Å². The molecule has 1 atom stereocenters. The van der Waals surface area contributed by atoms with Crippen molar-refractivity contribution in [2.45, 2.75) is 45.8 Å². The molecule has 3 nitrogen and oxygen atoms in total. The number of ketones is 1. The van der Waals surface area contributed by atoms with Gasteiger partial charge in [-0.1, -0.05) is 20.8 Å². The van der Waals surface area contributed by atoms with Gasteiger partial charge >= 0.3 is 0 Å². The van der Waals surface area contributed by atoms with Gasteiger partial charge in [-0.05, 0) is 13.3 Å². The zero-order valence-electron chi connectivity index (χ0n) is 8.35. The Bertz CT molecular complexity index is 153. The Morgan fingerprint density at radius 1 is 1.58 bits per heavy atom. The van der Waals surface area contributed by atoms with Crippen molar-refractivity contribution in [1.29, 1.82) is 0 Å². The normalized spacial score (nSPS) is 16.2. The lowest BCUT2D eigenvalue weighted by Gasteiger charge is -2.20. The quantitative estimate of drug-likeness (QED) is 0.644. The van der Waals surface area contributed by atoms with Crippen LogP contribution < -0.4 is 5.32 Å². The third-order valence-corrected chi connectivity index (χ3v) is 1.96. The summed E-state index contributed by atoms with van der Waals surface area (Å²) in [6, 6.07) is 0.279. The van der Waals surface area contributed by atoms with Crippen molar-refractivity contribution in [2.75, 3.05) is 6.54 Å². The second-order valence-electron chi connectivity index (χ2n) is 3.59. The number of aliphatic hydroxyl groups is 1. The van der Waals surface area contributed by atoms with Gasteiger partial charge < -0.3 is 10.4 Å². The van der Waals surface area contributed by atoms with Crippen molar-refractivity contribution in [3.8, 4) is 0 Å². The predicted octanol–water partition coefficient (Wildman–Crippen LogP) is 0.714. The number of Topliss-reactive ketones (excluding diaryl/α,β-unsaturated/α-hetero) is 1. The summed E-state index contributed by atoms with van der Waals surface area (Å²) < 4.78 is 0. The minimum absolute atomic E-state index is 0.140. The zero-order valence-corrected chi connectivity index (χ0v) is 8.35. The van der Waals surface area contributed by atoms with Crippen molar-refractivity contribution >= 4 is 5.78 Å². The first-order valence-electron chi connectivity index (χ1n) is 4.39. The van der Waals surface area contributed by atoms with E-state index in [0.29, 0.717) is 6.42 Å². The fraction of sp³-hybridized carbons (Fsp3) is 0.889. The third-order valence-electron chi connectivity index (χ3n) is 1.96. The van der Waals surface area contributed by atoms with E-state index in [1.165, 1.54) is 0 Å². The molecule has 0 fully saturated rings. The zero-order chi connectivity index (χ0) is 9.78. The second-order valence-corrected chi connectivity index (χ2v) is 3.59. The Hall–Kier alpha value is -0.410. The molecule has 0 aliphatic heterocycles. The molecule has 12 heavy (non-hydrogen) atoms. The minimum Gasteiger partial charge on any atom is -0.382 e. The molecule has 0 spiro atoms. The molecule has 0 aromatic heterocycles. The average molecular weight is 173 g/mol. The molecule has 0 aliphatic rings. The first-order chi connectivity index (χ1) is 5.40. The summed E-state index contributed by atoms with van der Waals surface area (Å²) in [5, 5.41) is 12.5. The number of carbonyl (C=O) groups is 1. The van der Waals surface area contributed by atoms with Crippen LogP contribution in [0.2, 0.25) is 0 Å². The molecule has 0 aromatic rings. The summed E-state index contributed by atoms with van der Waals surface area (Å²) in [6.07, 6.45) is 0.464. The van der Waals surface area contributed by atoms with Crippen LogP contribution in [0.3, 0.4) is 0 Å². The van der Waals surface area contributed by atoms with Crippen LogP contribution in [0.5, 0.6) is 0 Å². The van der Waals surface area contributed by atoms with E-state index in [-0.39, 0.29) is 18.4 Å². The highest BCUT2D eigenvalue weighted by atomic mass is 16.3. The van der Waals surface area contributed by atoms with Gasteiger partial charge in [0.1, 0.15) is 5.60 Å². The Kier molecular flexibility index (Phi) is 4.42. The molecule has 0 amide bonds. The Morgan fingerprint density at radius 2 is 2.08 bits per heavy atom. The molecule has 3 heteroatoms. The summed E-state index contributed by atoms with van der Waals surface area (Å²) in [7, 11) is 0. The maximum Gasteiger partial charge on any atom is 0.177 e. The van der Waals surface area contributed by atoms with Crippen molar-refractivity contribution in [1.82, 2.24) is 5.32 Å². The molecule has 72 valence electrons. The largest absolute Gasteiger partial charge is 0.382 e. The van der Waals surface area contributed by atoms with Crippen molar-refractivity contribution in [3.63, 3.8) is 0 Å². The first kappa shape index (κ1) is 11.6. The molecule has 0 heterocycles. The molecule has 0 aliphatic carbocycles. The van der Waals surface area contributed by atoms with Gasteiger partial charge in [-0.2, -0.15) is 0 Å². The van der Waals surface area contributed by atoms with Crippen LogP contribution in [-0.4, -0.2) is 29.1 Å². The van der Waals surface area contributed by atoms with E-state index in [1.807, 2.05) is 13.8 Å². The molecule has 0 saturated heterocycles. The van der Waals surface area contributed by atoms with Crippen LogP contribution in [0, 0.1) is 0 Å². The van der Waals surface area contributed by atoms with Crippen LogP contribution in [0.25, 0.3) is 0 Å². The van der Waals surface area contributed by atoms with Crippen LogP contribution in [0.4, 0.5) is 0 Å². The molecule has 2 N–H and O–H groups in total. The number of hydrogen-bond donors (Lipinski definition) is 2. The standard InChI is InChI=1S/C9H19NO2/c1-5-9(4,12)8(11)6-10-7(2)3/h7,10,12H,5-6H2,1-4H3. The summed E-state index contributed by atoms with van der Waals surface area (Å²) in [4.78, 5) is 11.3. The average Bonchev–Trinajstić information content (AvgIpc) is 2.00. The van der Waals surface area contributed by atoms with Gasteiger partial charge in [-0.3, -0.25) is 4.79 Å². The van der Waals surface area contributed by atoms with Gasteiger partial charge in [0.2, 0.25) is 0 Å². The van der Waals surface area contributed by atoms with Crippen LogP contribution in [-0.2, 0) is 4.79 Å². The molecule has 1 unspecified atom stereocenters. The fourth-order valence-electron chi connectivity index (χ4n) is 0.684. The van der Waals surface area contributed by atoms with E-state index in [2.05, 4.69) is 5.32 Å². The fourth-order valence-corrected chi connectivity index (χ4v) is 0.684. The molecule has 0 radical (unpaired) electrons. The third kappa shape index (κ3) is 3.83. The van der Waals surface area contributed by atoms with Gasteiger partial charge in [0.05, 0.1) is 6.54 Å². The topological polar surface area (TPSA) is 49.3 Å². The number of rotatable bonds is 5. The van der Waals surface area contributed by atoms with Gasteiger partial charge in [0.15, 0.2) is 5.78 Å². The lowest BCUT2D eigenvalue weighted by Crippen LogP contribution is -2.42. The predicted molar refractivity (Wildman–Crippen MR) is 49.1 cm³/mol. The Balaban J connectivity index is 3.88. The lowest BCUT2D eigenvalue weighted by molar-refractivity contribution is -0.135. The van der Waals surface area contributed by atoms with E-state index in [1.54, 1.807) is 13.8 Å². The van der Waals surface area contributed by atoms with E-state index in [4.69, 9.17) is 0 Å². The maximum atomic E-state index is 11.3. The summed E-state index contributed by atoms with van der Waals surface area (Å²) >= 11 is 0. The highest BCUT2D eigenvalue weighted by Crippen LogP contribution is 2.08. The van der Waals surface area contributed by atoms with Crippen LogP contribution in [0.15, 0.2) is 0 Å². The Morgan fingerprint density at radius 3 is 2.42 bits per heavy atom. The number of nitrogens with one attached hydrogen (secondary N) is 1. The van der Waals surface area contributed by atoms with Crippen LogP contribution >= 0.6 is 0 Å². The summed E-state index contributed by atoms with van der Waals surface area (Å²) in [6.45, 7) is 7.53. The molecule has 0 saturated carbocycles. The molecule has 0 aromatic carbocycles. The minimum atomic E-state index is -1.16. The number of hydrogen-bond acceptors (Lipinski definition) is 3. The van der Waals surface area contributed by atoms with E-state index < -0.39 is 5.60 Å². The van der Waals surface area contributed by atoms with E-state index >= 15 is 0 Å². The summed E-state index contributed by atoms with van der Waals surface area (Å²) in [5.41, 5.74) is -1.16. The van der Waals surface area contributed by atoms with Crippen molar-refractivity contribution < 1.29 is 9.90 Å². The highest BCUT2D eigenvalue weighted by molar-refractivity contribution is 5.88. The molecule has 0 bridgehead atoms. The van der Waals surface area contributed by atoms with Gasteiger partial charge in [-0.15, -0.1) is 0 Å². The smallest absolute Gasteiger partial charge is 0.177 e. The van der Waals surface area contributed by atoms with Crippen molar-refractivity contribution in [2.24, 2.45) is 0 Å². The van der Waals surface area contributed by atoms with Gasteiger partial charge in [0.25, 0.3) is 0 Å². The van der Waals surface area contributed by atoms with Gasteiger partial charge in [-0.25, -0.2) is 0 Å². The second kappa shape index (κ2) is 4.58. The lowest BCUT2D eigenvalue weighted by atomic mass is 9.98. The van der Waals surface area contributed by atoms with Crippen molar-refractivity contribution in [3.05, 3.63) is 0 Å². The van der Waals surface area contributed by atoms with Crippen LogP contribution in [0.1, 0.15) is 34.1 Å². The Labute approximate surface area is 74.2 Å². The summed E-state index contributed by atoms with van der Waals surface area (Å²) in [5.74, 6) is -0.140. The molecule has 0 rings (SSSR count). The maximum absolute atomic E-state index is 11.3. The molecular weight excluding hydrogens is 154 g/mol. The monoisotopic (exact) mass is 173 g/mol. The first-order valence-corrected chi connectivity index (χ1v) is 4.39.